The van der Waals surface area contributed by atoms with Crippen LogP contribution in [-0.2, 0) is 0 Å². The highest BCUT2D eigenvalue weighted by molar-refractivity contribution is 6.25. The van der Waals surface area contributed by atoms with Crippen LogP contribution in [0.2, 0.25) is 0 Å². The number of nitrogen functional groups attached to an aromatic ring is 6. The zero-order chi connectivity index (χ0) is 14.6. The quantitative estimate of drug-likeness (QED) is 0.268. The van der Waals surface area contributed by atoms with Gasteiger partial charge in [0, 0.05) is 16.2 Å². The van der Waals surface area contributed by atoms with E-state index < -0.39 is 0 Å². The lowest BCUT2D eigenvalue weighted by Gasteiger charge is -2.16. The van der Waals surface area contributed by atoms with E-state index in [0.717, 1.165) is 16.2 Å². The maximum Gasteiger partial charge on any atom is 0.0809 e. The third-order valence-corrected chi connectivity index (χ3v) is 3.69. The van der Waals surface area contributed by atoms with Gasteiger partial charge in [-0.25, -0.2) is 0 Å². The van der Waals surface area contributed by atoms with Crippen molar-refractivity contribution in [3.63, 3.8) is 0 Å². The minimum Gasteiger partial charge on any atom is -0.397 e. The Hall–Kier alpha value is -3.02. The fraction of sp³-hybridized carbons (Fsp3) is 0. The van der Waals surface area contributed by atoms with Gasteiger partial charge in [0.1, 0.15) is 0 Å². The third-order valence-electron chi connectivity index (χ3n) is 3.69. The second-order valence-corrected chi connectivity index (χ2v) is 4.81. The zero-order valence-corrected chi connectivity index (χ0v) is 10.8. The third kappa shape index (κ3) is 1.33. The van der Waals surface area contributed by atoms with Crippen molar-refractivity contribution in [3.8, 4) is 0 Å². The smallest absolute Gasteiger partial charge is 0.0809 e. The summed E-state index contributed by atoms with van der Waals surface area (Å²) in [5, 5.41) is 3.08. The van der Waals surface area contributed by atoms with Gasteiger partial charge in [0.2, 0.25) is 0 Å². The monoisotopic (exact) mass is 268 g/mol. The largest absolute Gasteiger partial charge is 0.397 e. The fourth-order valence-corrected chi connectivity index (χ4v) is 2.54. The molecule has 0 aliphatic heterocycles. The number of anilines is 6. The van der Waals surface area contributed by atoms with E-state index in [2.05, 4.69) is 0 Å². The van der Waals surface area contributed by atoms with Crippen LogP contribution in [0.25, 0.3) is 21.5 Å². The van der Waals surface area contributed by atoms with E-state index in [1.807, 2.05) is 18.2 Å². The van der Waals surface area contributed by atoms with Crippen LogP contribution in [-0.4, -0.2) is 0 Å². The van der Waals surface area contributed by atoms with Crippen molar-refractivity contribution in [2.45, 2.75) is 0 Å². The Labute approximate surface area is 115 Å². The van der Waals surface area contributed by atoms with Crippen LogP contribution in [0.3, 0.4) is 0 Å². The van der Waals surface area contributed by atoms with E-state index in [1.54, 1.807) is 6.07 Å². The molecule has 20 heavy (non-hydrogen) atoms. The van der Waals surface area contributed by atoms with Crippen molar-refractivity contribution in [2.75, 3.05) is 34.4 Å². The topological polar surface area (TPSA) is 156 Å². The minimum atomic E-state index is 0.268. The Balaban J connectivity index is 2.71. The number of hydrogen-bond donors (Lipinski definition) is 6. The predicted octanol–water partition coefficient (Wildman–Crippen LogP) is 1.49. The zero-order valence-electron chi connectivity index (χ0n) is 10.8. The maximum atomic E-state index is 6.12. The first-order valence-corrected chi connectivity index (χ1v) is 6.05. The van der Waals surface area contributed by atoms with E-state index >= 15 is 0 Å². The summed E-state index contributed by atoms with van der Waals surface area (Å²) >= 11 is 0. The number of nitrogens with two attached hydrogens (primary N) is 6. The molecule has 0 heterocycles. The van der Waals surface area contributed by atoms with Gasteiger partial charge in [0.25, 0.3) is 0 Å². The molecule has 0 aliphatic carbocycles. The Morgan fingerprint density at radius 3 is 1.80 bits per heavy atom. The van der Waals surface area contributed by atoms with E-state index in [1.165, 1.54) is 0 Å². The molecule has 0 fully saturated rings. The van der Waals surface area contributed by atoms with Gasteiger partial charge >= 0.3 is 0 Å². The number of fused-ring (bicyclic) bond motifs is 3. The Morgan fingerprint density at radius 2 is 1.10 bits per heavy atom. The lowest BCUT2D eigenvalue weighted by atomic mass is 9.96. The second kappa shape index (κ2) is 3.74. The molecule has 3 rings (SSSR count). The number of hydrogen-bond acceptors (Lipinski definition) is 6. The molecule has 6 heteroatoms. The summed E-state index contributed by atoms with van der Waals surface area (Å²) in [6.07, 6.45) is 0. The van der Waals surface area contributed by atoms with Gasteiger partial charge in [-0.1, -0.05) is 18.2 Å². The van der Waals surface area contributed by atoms with E-state index in [-0.39, 0.29) is 11.4 Å². The highest BCUT2D eigenvalue weighted by atomic mass is 14.8. The normalized spacial score (nSPS) is 11.2. The van der Waals surface area contributed by atoms with Crippen molar-refractivity contribution in [1.29, 1.82) is 0 Å². The maximum absolute atomic E-state index is 6.12. The minimum absolute atomic E-state index is 0.268. The summed E-state index contributed by atoms with van der Waals surface area (Å²) in [6, 6.07) is 7.39. The van der Waals surface area contributed by atoms with Gasteiger partial charge in [-0.3, -0.25) is 0 Å². The molecular formula is C14H16N6. The summed E-state index contributed by atoms with van der Waals surface area (Å²) in [7, 11) is 0. The Kier molecular flexibility index (Phi) is 2.25. The highest BCUT2D eigenvalue weighted by Gasteiger charge is 2.16. The molecule has 0 aromatic heterocycles. The lowest BCUT2D eigenvalue weighted by Crippen LogP contribution is -2.06. The van der Waals surface area contributed by atoms with Crippen molar-refractivity contribution < 1.29 is 0 Å². The lowest BCUT2D eigenvalue weighted by molar-refractivity contribution is 1.68. The van der Waals surface area contributed by atoms with Crippen LogP contribution in [0.4, 0.5) is 34.1 Å². The molecule has 6 nitrogen and oxygen atoms in total. The summed E-state index contributed by atoms with van der Waals surface area (Å²) in [4.78, 5) is 0. The van der Waals surface area contributed by atoms with Crippen LogP contribution in [0.1, 0.15) is 0 Å². The van der Waals surface area contributed by atoms with Crippen LogP contribution in [0.5, 0.6) is 0 Å². The molecule has 0 saturated carbocycles. The van der Waals surface area contributed by atoms with Crippen molar-refractivity contribution >= 4 is 55.7 Å². The van der Waals surface area contributed by atoms with Gasteiger partial charge in [-0.05, 0) is 11.5 Å². The van der Waals surface area contributed by atoms with Gasteiger partial charge in [-0.15, -0.1) is 0 Å². The Morgan fingerprint density at radius 1 is 0.500 bits per heavy atom. The van der Waals surface area contributed by atoms with E-state index in [9.17, 15) is 0 Å². The first-order valence-electron chi connectivity index (χ1n) is 6.05. The molecule has 0 radical (unpaired) electrons. The molecule has 0 aliphatic rings. The molecule has 0 unspecified atom stereocenters. The van der Waals surface area contributed by atoms with Crippen LogP contribution < -0.4 is 34.4 Å². The van der Waals surface area contributed by atoms with E-state index in [4.69, 9.17) is 34.4 Å². The first kappa shape index (κ1) is 12.0. The molecule has 3 aromatic rings. The molecule has 12 N–H and O–H groups in total. The average molecular weight is 268 g/mol. The molecule has 102 valence electrons. The molecule has 0 atom stereocenters. The predicted molar refractivity (Wildman–Crippen MR) is 87.9 cm³/mol. The average Bonchev–Trinajstić information content (AvgIpc) is 2.45. The summed E-state index contributed by atoms with van der Waals surface area (Å²) in [5.74, 6) is 0. The van der Waals surface area contributed by atoms with Crippen molar-refractivity contribution in [3.05, 3.63) is 24.3 Å². The molecule has 0 amide bonds. The summed E-state index contributed by atoms with van der Waals surface area (Å²) < 4.78 is 0. The molecular weight excluding hydrogens is 252 g/mol. The first-order chi connectivity index (χ1) is 9.43. The fourth-order valence-electron chi connectivity index (χ4n) is 2.54. The van der Waals surface area contributed by atoms with Crippen molar-refractivity contribution in [2.24, 2.45) is 0 Å². The van der Waals surface area contributed by atoms with Crippen LogP contribution in [0.15, 0.2) is 24.3 Å². The van der Waals surface area contributed by atoms with Gasteiger partial charge in [0.15, 0.2) is 0 Å². The number of benzene rings is 3. The second-order valence-electron chi connectivity index (χ2n) is 4.81. The molecule has 0 spiro atoms. The van der Waals surface area contributed by atoms with Crippen molar-refractivity contribution in [1.82, 2.24) is 0 Å². The van der Waals surface area contributed by atoms with Gasteiger partial charge in [0.05, 0.1) is 34.1 Å². The SMILES string of the molecule is Nc1ccc2ccc3c(N)c(N)c(N)c(N)c3c2c1N. The molecule has 3 aromatic carbocycles. The molecule has 0 saturated heterocycles. The standard InChI is InChI=1S/C14H16N6/c15-7-4-2-5-1-3-6-9(8(5)11(7)17)12(18)14(20)13(19)10(6)16/h1-4H,15-20H2. The summed E-state index contributed by atoms with van der Waals surface area (Å²) in [5.41, 5.74) is 38.2. The van der Waals surface area contributed by atoms with Gasteiger partial charge < -0.3 is 34.4 Å². The van der Waals surface area contributed by atoms with Crippen LogP contribution in [0, 0.1) is 0 Å². The number of rotatable bonds is 0. The molecule has 0 bridgehead atoms. The van der Waals surface area contributed by atoms with E-state index in [0.29, 0.717) is 28.1 Å². The Bertz CT molecular complexity index is 869. The van der Waals surface area contributed by atoms with Gasteiger partial charge in [-0.2, -0.15) is 0 Å². The van der Waals surface area contributed by atoms with Crippen LogP contribution >= 0.6 is 0 Å². The summed E-state index contributed by atoms with van der Waals surface area (Å²) in [6.45, 7) is 0. The highest BCUT2D eigenvalue weighted by Crippen LogP contribution is 2.44.